The predicted molar refractivity (Wildman–Crippen MR) is 130 cm³/mol. The molecular weight excluding hydrogens is 458 g/mol. The van der Waals surface area contributed by atoms with Gasteiger partial charge in [-0.1, -0.05) is 26.7 Å². The van der Waals surface area contributed by atoms with Crippen LogP contribution in [-0.2, 0) is 24.0 Å². The summed E-state index contributed by atoms with van der Waals surface area (Å²) in [4.78, 5) is 61.4. The molecule has 202 valence electrons. The second-order valence-corrected chi connectivity index (χ2v) is 8.68. The van der Waals surface area contributed by atoms with Crippen molar-refractivity contribution in [1.29, 1.82) is 0 Å². The summed E-state index contributed by atoms with van der Waals surface area (Å²) < 4.78 is 0. The number of carbonyl (C=O) groups excluding carboxylic acids is 4. The van der Waals surface area contributed by atoms with Gasteiger partial charge in [-0.05, 0) is 51.1 Å². The molecule has 0 aliphatic heterocycles. The number of carboxylic acid groups (broad SMARTS) is 1. The summed E-state index contributed by atoms with van der Waals surface area (Å²) in [5.41, 5.74) is 22.1. The largest absolute Gasteiger partial charge is 0.480 e. The zero-order valence-corrected chi connectivity index (χ0v) is 20.8. The Balaban J connectivity index is 5.50. The van der Waals surface area contributed by atoms with Gasteiger partial charge in [0, 0.05) is 0 Å². The van der Waals surface area contributed by atoms with Crippen molar-refractivity contribution in [1.82, 2.24) is 16.0 Å². The first kappa shape index (κ1) is 32.2. The molecule has 0 aromatic heterocycles. The summed E-state index contributed by atoms with van der Waals surface area (Å²) in [5.74, 6) is -4.63. The fraction of sp³-hybridized carbons (Fsp3) is 0.773. The summed E-state index contributed by atoms with van der Waals surface area (Å²) in [5, 5.41) is 16.8. The molecule has 13 heteroatoms. The molecule has 0 radical (unpaired) electrons. The van der Waals surface area contributed by atoms with E-state index < -0.39 is 66.1 Å². The molecular formula is C22H43N7O6. The van der Waals surface area contributed by atoms with Crippen molar-refractivity contribution in [2.75, 3.05) is 13.1 Å². The van der Waals surface area contributed by atoms with Gasteiger partial charge in [-0.3, -0.25) is 19.2 Å². The number of nitrogens with two attached hydrogens (primary N) is 4. The van der Waals surface area contributed by atoms with E-state index in [1.165, 1.54) is 0 Å². The molecule has 5 unspecified atom stereocenters. The highest BCUT2D eigenvalue weighted by Gasteiger charge is 2.32. The van der Waals surface area contributed by atoms with Crippen molar-refractivity contribution < 1.29 is 29.1 Å². The van der Waals surface area contributed by atoms with Crippen LogP contribution in [-0.4, -0.2) is 72.0 Å². The van der Waals surface area contributed by atoms with Crippen molar-refractivity contribution in [2.45, 2.75) is 89.4 Å². The molecule has 0 aliphatic rings. The second-order valence-electron chi connectivity index (χ2n) is 8.68. The van der Waals surface area contributed by atoms with Crippen molar-refractivity contribution in [3.05, 3.63) is 0 Å². The van der Waals surface area contributed by atoms with Gasteiger partial charge < -0.3 is 44.0 Å². The van der Waals surface area contributed by atoms with Gasteiger partial charge in [0.15, 0.2) is 0 Å². The van der Waals surface area contributed by atoms with Gasteiger partial charge in [0.25, 0.3) is 0 Å². The van der Waals surface area contributed by atoms with Gasteiger partial charge in [0.1, 0.15) is 18.1 Å². The lowest BCUT2D eigenvalue weighted by Gasteiger charge is -2.26. The average Bonchev–Trinajstić information content (AvgIpc) is 2.80. The van der Waals surface area contributed by atoms with Crippen molar-refractivity contribution in [3.63, 3.8) is 0 Å². The van der Waals surface area contributed by atoms with E-state index in [9.17, 15) is 29.1 Å². The van der Waals surface area contributed by atoms with Crippen LogP contribution < -0.4 is 38.9 Å². The lowest BCUT2D eigenvalue weighted by Crippen LogP contribution is -2.58. The second kappa shape index (κ2) is 17.6. The fourth-order valence-electron chi connectivity index (χ4n) is 3.30. The summed E-state index contributed by atoms with van der Waals surface area (Å²) in [6.07, 6.45) is 3.01. The molecule has 35 heavy (non-hydrogen) atoms. The zero-order valence-electron chi connectivity index (χ0n) is 20.8. The molecule has 0 saturated heterocycles. The van der Waals surface area contributed by atoms with Crippen molar-refractivity contribution in [3.8, 4) is 0 Å². The Morgan fingerprint density at radius 3 is 1.80 bits per heavy atom. The molecule has 0 aliphatic carbocycles. The van der Waals surface area contributed by atoms with Crippen LogP contribution in [0.2, 0.25) is 0 Å². The quantitative estimate of drug-likeness (QED) is 0.0913. The highest BCUT2D eigenvalue weighted by atomic mass is 16.4. The average molecular weight is 502 g/mol. The van der Waals surface area contributed by atoms with Gasteiger partial charge >= 0.3 is 5.97 Å². The number of aliphatic carboxylic acids is 1. The smallest absolute Gasteiger partial charge is 0.326 e. The topological polar surface area (TPSA) is 246 Å². The minimum absolute atomic E-state index is 0.222. The summed E-state index contributed by atoms with van der Waals surface area (Å²) >= 11 is 0. The Hall–Kier alpha value is -2.77. The van der Waals surface area contributed by atoms with Crippen molar-refractivity contribution in [2.24, 2.45) is 28.9 Å². The zero-order chi connectivity index (χ0) is 27.0. The first-order valence-electron chi connectivity index (χ1n) is 12.1. The third-order valence-electron chi connectivity index (χ3n) is 5.70. The lowest BCUT2D eigenvalue weighted by atomic mass is 9.98. The van der Waals surface area contributed by atoms with Crippen LogP contribution in [0.3, 0.4) is 0 Å². The predicted octanol–water partition coefficient (Wildman–Crippen LogP) is -1.97. The van der Waals surface area contributed by atoms with Crippen LogP contribution in [0.4, 0.5) is 0 Å². The van der Waals surface area contributed by atoms with Crippen LogP contribution >= 0.6 is 0 Å². The molecule has 4 amide bonds. The molecule has 0 rings (SSSR count). The normalized spacial score (nSPS) is 15.2. The summed E-state index contributed by atoms with van der Waals surface area (Å²) in [6, 6.07) is -4.52. The number of amides is 4. The van der Waals surface area contributed by atoms with E-state index >= 15 is 0 Å². The first-order valence-corrected chi connectivity index (χ1v) is 12.1. The van der Waals surface area contributed by atoms with Crippen LogP contribution in [0.1, 0.15) is 65.2 Å². The van der Waals surface area contributed by atoms with Gasteiger partial charge in [-0.15, -0.1) is 0 Å². The minimum Gasteiger partial charge on any atom is -0.480 e. The Morgan fingerprint density at radius 1 is 0.800 bits per heavy atom. The molecule has 0 aromatic carbocycles. The molecule has 0 aromatic rings. The van der Waals surface area contributed by atoms with E-state index in [-0.39, 0.29) is 6.42 Å². The van der Waals surface area contributed by atoms with Gasteiger partial charge in [-0.25, -0.2) is 4.79 Å². The monoisotopic (exact) mass is 501 g/mol. The number of nitrogens with one attached hydrogen (secondary N) is 3. The van der Waals surface area contributed by atoms with Gasteiger partial charge in [0.2, 0.25) is 23.6 Å². The number of rotatable bonds is 19. The number of hydrogen-bond acceptors (Lipinski definition) is 8. The van der Waals surface area contributed by atoms with E-state index in [4.69, 9.17) is 22.9 Å². The van der Waals surface area contributed by atoms with E-state index in [1.807, 2.05) is 0 Å². The van der Waals surface area contributed by atoms with Crippen LogP contribution in [0.15, 0.2) is 0 Å². The van der Waals surface area contributed by atoms with Crippen LogP contribution in [0, 0.1) is 5.92 Å². The van der Waals surface area contributed by atoms with Crippen LogP contribution in [0.5, 0.6) is 0 Å². The third-order valence-corrected chi connectivity index (χ3v) is 5.70. The summed E-state index contributed by atoms with van der Waals surface area (Å²) in [6.45, 7) is 4.28. The number of primary amides is 1. The molecule has 5 atom stereocenters. The molecule has 0 saturated carbocycles. The highest BCUT2D eigenvalue weighted by Crippen LogP contribution is 2.09. The molecule has 0 spiro atoms. The van der Waals surface area contributed by atoms with E-state index in [1.54, 1.807) is 13.8 Å². The molecule has 0 heterocycles. The first-order chi connectivity index (χ1) is 16.5. The number of carbonyl (C=O) groups is 5. The Kier molecular flexibility index (Phi) is 16.2. The van der Waals surface area contributed by atoms with Gasteiger partial charge in [-0.2, -0.15) is 0 Å². The summed E-state index contributed by atoms with van der Waals surface area (Å²) in [7, 11) is 0. The number of hydrogen-bond donors (Lipinski definition) is 8. The minimum atomic E-state index is -1.42. The third kappa shape index (κ3) is 13.0. The Labute approximate surface area is 206 Å². The SMILES string of the molecule is CCC(C)C(NC(=O)C(CC(N)=O)NC(=O)C(CCCCN)NC(=O)C(N)CCCCN)C(=O)O. The van der Waals surface area contributed by atoms with Gasteiger partial charge in [0.05, 0.1) is 12.5 Å². The standard InChI is InChI=1S/C22H43N7O6/c1-3-13(2)18(22(34)35)29-21(33)16(12-17(26)30)28-20(32)15(9-5-7-11-24)27-19(31)14(25)8-4-6-10-23/h13-16,18H,3-12,23-25H2,1-2H3,(H2,26,30)(H,27,31)(H,28,32)(H,29,33)(H,34,35). The molecule has 12 N–H and O–H groups in total. The molecule has 0 bridgehead atoms. The maximum Gasteiger partial charge on any atom is 0.326 e. The Morgan fingerprint density at radius 2 is 1.31 bits per heavy atom. The lowest BCUT2D eigenvalue weighted by molar-refractivity contribution is -0.144. The highest BCUT2D eigenvalue weighted by molar-refractivity contribution is 5.96. The van der Waals surface area contributed by atoms with Crippen LogP contribution in [0.25, 0.3) is 0 Å². The Bertz CT molecular complexity index is 706. The van der Waals surface area contributed by atoms with E-state index in [2.05, 4.69) is 16.0 Å². The fourth-order valence-corrected chi connectivity index (χ4v) is 3.30. The number of carboxylic acids is 1. The maximum absolute atomic E-state index is 13.0. The van der Waals surface area contributed by atoms with Crippen molar-refractivity contribution >= 4 is 29.6 Å². The molecule has 13 nitrogen and oxygen atoms in total. The maximum atomic E-state index is 13.0. The number of unbranched alkanes of at least 4 members (excludes halogenated alkanes) is 2. The van der Waals surface area contributed by atoms with E-state index in [0.717, 1.165) is 0 Å². The van der Waals surface area contributed by atoms with E-state index in [0.29, 0.717) is 51.6 Å². The molecule has 0 fully saturated rings.